The quantitative estimate of drug-likeness (QED) is 0.744. The van der Waals surface area contributed by atoms with Crippen LogP contribution in [0, 0.1) is 12.8 Å². The van der Waals surface area contributed by atoms with Gasteiger partial charge < -0.3 is 10.1 Å². The third kappa shape index (κ3) is 4.94. The smallest absolute Gasteiger partial charge is 0.252 e. The van der Waals surface area contributed by atoms with Crippen molar-refractivity contribution in [3.05, 3.63) is 17.0 Å². The lowest BCUT2D eigenvalue weighted by Gasteiger charge is -2.41. The van der Waals surface area contributed by atoms with Crippen molar-refractivity contribution in [1.29, 1.82) is 0 Å². The molecule has 0 aliphatic carbocycles. The largest absolute Gasteiger partial charge is 0.379 e. The van der Waals surface area contributed by atoms with E-state index < -0.39 is 10.0 Å². The van der Waals surface area contributed by atoms with Gasteiger partial charge in [0.05, 0.1) is 19.1 Å². The van der Waals surface area contributed by atoms with Gasteiger partial charge in [0, 0.05) is 43.1 Å². The number of amides is 1. The zero-order chi connectivity index (χ0) is 20.4. The van der Waals surface area contributed by atoms with Gasteiger partial charge in [-0.05, 0) is 45.7 Å². The van der Waals surface area contributed by atoms with E-state index in [1.807, 2.05) is 13.0 Å². The Balaban J connectivity index is 1.58. The second-order valence-electron chi connectivity index (χ2n) is 8.20. The fraction of sp³-hybridized carbons (Fsp3) is 0.737. The van der Waals surface area contributed by atoms with Crippen LogP contribution in [-0.2, 0) is 19.6 Å². The first-order valence-electron chi connectivity index (χ1n) is 9.87. The van der Waals surface area contributed by atoms with E-state index in [0.29, 0.717) is 23.7 Å². The van der Waals surface area contributed by atoms with Gasteiger partial charge in [0.1, 0.15) is 4.21 Å². The minimum atomic E-state index is -3.52. The van der Waals surface area contributed by atoms with E-state index in [2.05, 4.69) is 24.1 Å². The molecule has 1 unspecified atom stereocenters. The zero-order valence-corrected chi connectivity index (χ0v) is 18.6. The molecule has 1 atom stereocenters. The summed E-state index contributed by atoms with van der Waals surface area (Å²) in [6.07, 6.45) is 1.42. The predicted molar refractivity (Wildman–Crippen MR) is 110 cm³/mol. The van der Waals surface area contributed by atoms with Crippen molar-refractivity contribution in [3.8, 4) is 0 Å². The summed E-state index contributed by atoms with van der Waals surface area (Å²) in [4.78, 5) is 16.1. The number of hydrogen-bond acceptors (Lipinski definition) is 6. The molecule has 2 fully saturated rings. The highest BCUT2D eigenvalue weighted by molar-refractivity contribution is 7.91. The molecule has 7 nitrogen and oxygen atoms in total. The Morgan fingerprint density at radius 3 is 2.64 bits per heavy atom. The summed E-state index contributed by atoms with van der Waals surface area (Å²) in [5.74, 6) is -0.353. The minimum absolute atomic E-state index is 0.0522. The molecule has 2 saturated heterocycles. The Hall–Kier alpha value is -1.00. The average molecular weight is 430 g/mol. The number of aryl methyl sites for hydroxylation is 1. The van der Waals surface area contributed by atoms with Gasteiger partial charge in [-0.15, -0.1) is 11.3 Å². The minimum Gasteiger partial charge on any atom is -0.379 e. The summed E-state index contributed by atoms with van der Waals surface area (Å²) >= 11 is 1.28. The van der Waals surface area contributed by atoms with Crippen molar-refractivity contribution in [1.82, 2.24) is 14.5 Å². The number of sulfonamides is 1. The molecule has 3 heterocycles. The van der Waals surface area contributed by atoms with Gasteiger partial charge in [0.25, 0.3) is 10.0 Å². The van der Waals surface area contributed by atoms with E-state index in [1.54, 1.807) is 6.07 Å². The third-order valence-corrected chi connectivity index (χ3v) is 8.96. The molecule has 28 heavy (non-hydrogen) atoms. The normalized spacial score (nSPS) is 22.9. The van der Waals surface area contributed by atoms with E-state index in [9.17, 15) is 13.2 Å². The van der Waals surface area contributed by atoms with Gasteiger partial charge in [-0.1, -0.05) is 0 Å². The van der Waals surface area contributed by atoms with Crippen LogP contribution < -0.4 is 5.32 Å². The van der Waals surface area contributed by atoms with Gasteiger partial charge >= 0.3 is 0 Å². The van der Waals surface area contributed by atoms with Crippen LogP contribution in [0.2, 0.25) is 0 Å². The lowest BCUT2D eigenvalue weighted by molar-refractivity contribution is -0.126. The van der Waals surface area contributed by atoms with E-state index in [1.165, 1.54) is 15.6 Å². The lowest BCUT2D eigenvalue weighted by Crippen LogP contribution is -2.56. The topological polar surface area (TPSA) is 79.0 Å². The van der Waals surface area contributed by atoms with Crippen LogP contribution in [0.5, 0.6) is 0 Å². The Bertz CT molecular complexity index is 785. The molecule has 1 N–H and O–H groups in total. The maximum atomic E-state index is 12.9. The Morgan fingerprint density at radius 2 is 2.00 bits per heavy atom. The van der Waals surface area contributed by atoms with E-state index in [-0.39, 0.29) is 23.9 Å². The monoisotopic (exact) mass is 429 g/mol. The fourth-order valence-electron chi connectivity index (χ4n) is 3.78. The van der Waals surface area contributed by atoms with Crippen molar-refractivity contribution in [3.63, 3.8) is 0 Å². The summed E-state index contributed by atoms with van der Waals surface area (Å²) in [5, 5.41) is 3.07. The first-order chi connectivity index (χ1) is 13.2. The van der Waals surface area contributed by atoms with Crippen LogP contribution in [0.1, 0.15) is 31.6 Å². The van der Waals surface area contributed by atoms with Crippen LogP contribution in [0.3, 0.4) is 0 Å². The number of hydrogen-bond donors (Lipinski definition) is 1. The van der Waals surface area contributed by atoms with Crippen LogP contribution in [-0.4, -0.2) is 75.0 Å². The molecular formula is C19H31N3O4S2. The van der Waals surface area contributed by atoms with Gasteiger partial charge in [0.15, 0.2) is 0 Å². The number of nitrogens with zero attached hydrogens (tertiary/aromatic N) is 2. The summed E-state index contributed by atoms with van der Waals surface area (Å²) in [5.41, 5.74) is -0.158. The van der Waals surface area contributed by atoms with Crippen molar-refractivity contribution >= 4 is 27.3 Å². The highest BCUT2D eigenvalue weighted by Crippen LogP contribution is 2.28. The van der Waals surface area contributed by atoms with Gasteiger partial charge in [-0.2, -0.15) is 4.31 Å². The molecule has 0 aromatic carbocycles. The highest BCUT2D eigenvalue weighted by atomic mass is 32.2. The number of piperidine rings is 1. The number of nitrogens with one attached hydrogen (secondary N) is 1. The number of morpholine rings is 1. The van der Waals surface area contributed by atoms with Crippen LogP contribution in [0.15, 0.2) is 16.3 Å². The third-order valence-electron chi connectivity index (χ3n) is 5.63. The maximum Gasteiger partial charge on any atom is 0.252 e. The molecule has 1 aromatic heterocycles. The van der Waals surface area contributed by atoms with Crippen LogP contribution >= 0.6 is 11.3 Å². The average Bonchev–Trinajstić information content (AvgIpc) is 3.14. The second-order valence-corrected chi connectivity index (χ2v) is 11.6. The summed E-state index contributed by atoms with van der Waals surface area (Å²) in [6, 6.07) is 3.48. The fourth-order valence-corrected chi connectivity index (χ4v) is 6.74. The summed E-state index contributed by atoms with van der Waals surface area (Å²) in [6.45, 7) is 10.6. The summed E-state index contributed by atoms with van der Waals surface area (Å²) in [7, 11) is -3.52. The first kappa shape index (κ1) is 21.7. The predicted octanol–water partition coefficient (Wildman–Crippen LogP) is 1.68. The highest BCUT2D eigenvalue weighted by Gasteiger charge is 2.35. The Morgan fingerprint density at radius 1 is 1.29 bits per heavy atom. The maximum absolute atomic E-state index is 12.9. The number of ether oxygens (including phenoxy) is 1. The SMILES string of the molecule is Cc1ccc(S(=O)(=O)N2CCCC(C(=O)NCC(C)(C)N3CCOCC3)C2)s1. The number of thiophene rings is 1. The van der Waals surface area contributed by atoms with Crippen LogP contribution in [0.4, 0.5) is 0 Å². The van der Waals surface area contributed by atoms with Gasteiger partial charge in [0.2, 0.25) is 5.91 Å². The Kier molecular flexibility index (Phi) is 6.81. The standard InChI is InChI=1S/C19H31N3O4S2/c1-15-6-7-17(27-15)28(24,25)22-8-4-5-16(13-22)18(23)20-14-19(2,3)21-9-11-26-12-10-21/h6-7,16H,4-5,8-14H2,1-3H3,(H,20,23). The molecule has 3 rings (SSSR count). The Labute approximate surface area is 172 Å². The molecule has 0 spiro atoms. The van der Waals surface area contributed by atoms with Gasteiger partial charge in [-0.25, -0.2) is 8.42 Å². The molecule has 2 aliphatic rings. The molecule has 0 radical (unpaired) electrons. The van der Waals surface area contributed by atoms with E-state index in [0.717, 1.165) is 37.6 Å². The van der Waals surface area contributed by atoms with Crippen molar-refractivity contribution in [2.45, 2.75) is 43.4 Å². The molecule has 0 saturated carbocycles. The second kappa shape index (κ2) is 8.79. The van der Waals surface area contributed by atoms with Gasteiger partial charge in [-0.3, -0.25) is 9.69 Å². The molecule has 9 heteroatoms. The molecule has 1 amide bonds. The molecule has 1 aromatic rings. The molecular weight excluding hydrogens is 398 g/mol. The lowest BCUT2D eigenvalue weighted by atomic mass is 9.97. The molecule has 158 valence electrons. The zero-order valence-electron chi connectivity index (χ0n) is 16.9. The number of carbonyl (C=O) groups is 1. The van der Waals surface area contributed by atoms with E-state index in [4.69, 9.17) is 4.74 Å². The summed E-state index contributed by atoms with van der Waals surface area (Å²) < 4.78 is 33.0. The van der Waals surface area contributed by atoms with Crippen molar-refractivity contribution in [2.24, 2.45) is 5.92 Å². The van der Waals surface area contributed by atoms with E-state index >= 15 is 0 Å². The van der Waals surface area contributed by atoms with Crippen LogP contribution in [0.25, 0.3) is 0 Å². The van der Waals surface area contributed by atoms with Crippen molar-refractivity contribution in [2.75, 3.05) is 45.9 Å². The van der Waals surface area contributed by atoms with Crippen molar-refractivity contribution < 1.29 is 17.9 Å². The number of rotatable bonds is 6. The first-order valence-corrected chi connectivity index (χ1v) is 12.1. The number of carbonyl (C=O) groups excluding carboxylic acids is 1. The molecule has 0 bridgehead atoms. The molecule has 2 aliphatic heterocycles.